The first kappa shape index (κ1) is 11.9. The Morgan fingerprint density at radius 2 is 2.07 bits per heavy atom. The van der Waals surface area contributed by atoms with Gasteiger partial charge in [0, 0.05) is 26.5 Å². The summed E-state index contributed by atoms with van der Waals surface area (Å²) >= 11 is 0. The number of hydrogen-bond donors (Lipinski definition) is 1. The summed E-state index contributed by atoms with van der Waals surface area (Å²) in [5, 5.41) is 3.13. The van der Waals surface area contributed by atoms with E-state index < -0.39 is 9.84 Å². The third-order valence-electron chi connectivity index (χ3n) is 2.79. The van der Waals surface area contributed by atoms with Crippen LogP contribution in [0.1, 0.15) is 19.3 Å². The van der Waals surface area contributed by atoms with Crippen molar-refractivity contribution in [1.29, 1.82) is 0 Å². The average molecular weight is 221 g/mol. The second-order valence-electron chi connectivity index (χ2n) is 4.05. The van der Waals surface area contributed by atoms with Crippen LogP contribution in [0, 0.1) is 0 Å². The predicted octanol–water partition coefficient (Wildman–Crippen LogP) is 0.190. The lowest BCUT2D eigenvalue weighted by molar-refractivity contribution is -0.0689. The van der Waals surface area contributed by atoms with E-state index in [1.54, 1.807) is 7.11 Å². The molecule has 1 rings (SSSR count). The zero-order valence-corrected chi connectivity index (χ0v) is 9.69. The van der Waals surface area contributed by atoms with E-state index in [4.69, 9.17) is 4.74 Å². The third-order valence-corrected chi connectivity index (χ3v) is 3.74. The molecule has 0 amide bonds. The fourth-order valence-electron chi connectivity index (χ4n) is 1.60. The number of nitrogens with one attached hydrogen (secondary N) is 1. The molecule has 1 aliphatic rings. The summed E-state index contributed by atoms with van der Waals surface area (Å²) in [6, 6.07) is 0. The predicted molar refractivity (Wildman–Crippen MR) is 56.2 cm³/mol. The van der Waals surface area contributed by atoms with Gasteiger partial charge in [0.25, 0.3) is 0 Å². The molecule has 0 aliphatic heterocycles. The highest BCUT2D eigenvalue weighted by molar-refractivity contribution is 7.90. The van der Waals surface area contributed by atoms with Gasteiger partial charge in [-0.1, -0.05) is 0 Å². The normalized spacial score (nSPS) is 20.4. The topological polar surface area (TPSA) is 55.4 Å². The molecule has 1 fully saturated rings. The van der Waals surface area contributed by atoms with E-state index in [-0.39, 0.29) is 11.4 Å². The molecule has 0 unspecified atom stereocenters. The molecule has 1 aliphatic carbocycles. The lowest BCUT2D eigenvalue weighted by Crippen LogP contribution is -2.48. The van der Waals surface area contributed by atoms with Gasteiger partial charge >= 0.3 is 0 Å². The molecule has 0 aromatic rings. The number of sulfone groups is 1. The summed E-state index contributed by atoms with van der Waals surface area (Å²) in [7, 11) is -1.12. The summed E-state index contributed by atoms with van der Waals surface area (Å²) in [5.41, 5.74) is -0.0164. The molecule has 1 saturated carbocycles. The maximum absolute atomic E-state index is 10.8. The SMILES string of the molecule is COC1(CNCCS(C)(=O)=O)CCC1. The number of rotatable bonds is 6. The fraction of sp³-hybridized carbons (Fsp3) is 1.00. The Balaban J connectivity index is 2.15. The minimum absolute atomic E-state index is 0.0164. The van der Waals surface area contributed by atoms with Gasteiger partial charge in [0.05, 0.1) is 11.4 Å². The first-order chi connectivity index (χ1) is 6.47. The van der Waals surface area contributed by atoms with Crippen LogP contribution < -0.4 is 5.32 Å². The van der Waals surface area contributed by atoms with Crippen molar-refractivity contribution < 1.29 is 13.2 Å². The summed E-state index contributed by atoms with van der Waals surface area (Å²) in [5.74, 6) is 0.201. The number of hydrogen-bond acceptors (Lipinski definition) is 4. The Kier molecular flexibility index (Phi) is 3.92. The van der Waals surface area contributed by atoms with Crippen LogP contribution in [0.4, 0.5) is 0 Å². The third kappa shape index (κ3) is 3.55. The van der Waals surface area contributed by atoms with Crippen LogP contribution >= 0.6 is 0 Å². The Labute approximate surface area is 85.9 Å². The first-order valence-electron chi connectivity index (χ1n) is 4.91. The van der Waals surface area contributed by atoms with E-state index in [1.807, 2.05) is 0 Å². The number of ether oxygens (including phenoxy) is 1. The molecule has 1 N–H and O–H groups in total. The summed E-state index contributed by atoms with van der Waals surface area (Å²) in [6.45, 7) is 1.28. The fourth-order valence-corrected chi connectivity index (χ4v) is 2.11. The molecule has 84 valence electrons. The Bertz CT molecular complexity index is 264. The van der Waals surface area contributed by atoms with Gasteiger partial charge in [0.2, 0.25) is 0 Å². The lowest BCUT2D eigenvalue weighted by Gasteiger charge is -2.40. The maximum atomic E-state index is 10.8. The summed E-state index contributed by atoms with van der Waals surface area (Å²) in [6.07, 6.45) is 4.62. The quantitative estimate of drug-likeness (QED) is 0.651. The van der Waals surface area contributed by atoms with Gasteiger partial charge in [-0.3, -0.25) is 0 Å². The molecular formula is C9H19NO3S. The minimum Gasteiger partial charge on any atom is -0.377 e. The molecule has 0 bridgehead atoms. The molecule has 0 heterocycles. The Morgan fingerprint density at radius 1 is 1.43 bits per heavy atom. The molecule has 0 spiro atoms. The van der Waals surface area contributed by atoms with E-state index in [0.29, 0.717) is 6.54 Å². The molecule has 5 heteroatoms. The van der Waals surface area contributed by atoms with Crippen LogP contribution in [0.15, 0.2) is 0 Å². The van der Waals surface area contributed by atoms with Crippen molar-refractivity contribution >= 4 is 9.84 Å². The van der Waals surface area contributed by atoms with E-state index in [1.165, 1.54) is 12.7 Å². The molecular weight excluding hydrogens is 202 g/mol. The van der Waals surface area contributed by atoms with Crippen molar-refractivity contribution in [3.05, 3.63) is 0 Å². The summed E-state index contributed by atoms with van der Waals surface area (Å²) in [4.78, 5) is 0. The molecule has 0 atom stereocenters. The van der Waals surface area contributed by atoms with Crippen molar-refractivity contribution in [1.82, 2.24) is 5.32 Å². The van der Waals surface area contributed by atoms with Gasteiger partial charge in [0.1, 0.15) is 9.84 Å². The highest BCUT2D eigenvalue weighted by atomic mass is 32.2. The van der Waals surface area contributed by atoms with Gasteiger partial charge in [-0.05, 0) is 19.3 Å². The first-order valence-corrected chi connectivity index (χ1v) is 6.97. The lowest BCUT2D eigenvalue weighted by atomic mass is 9.80. The van der Waals surface area contributed by atoms with Crippen molar-refractivity contribution in [3.63, 3.8) is 0 Å². The highest BCUT2D eigenvalue weighted by Crippen LogP contribution is 2.34. The number of methoxy groups -OCH3 is 1. The largest absolute Gasteiger partial charge is 0.377 e. The second-order valence-corrected chi connectivity index (χ2v) is 6.31. The second kappa shape index (κ2) is 4.59. The smallest absolute Gasteiger partial charge is 0.148 e. The van der Waals surface area contributed by atoms with Crippen LogP contribution in [0.25, 0.3) is 0 Å². The van der Waals surface area contributed by atoms with Crippen molar-refractivity contribution in [2.24, 2.45) is 0 Å². The molecule has 0 radical (unpaired) electrons. The van der Waals surface area contributed by atoms with Crippen molar-refractivity contribution in [3.8, 4) is 0 Å². The van der Waals surface area contributed by atoms with Gasteiger partial charge in [-0.25, -0.2) is 8.42 Å². The Hall–Kier alpha value is -0.130. The van der Waals surface area contributed by atoms with Crippen LogP contribution in [0.5, 0.6) is 0 Å². The van der Waals surface area contributed by atoms with Gasteiger partial charge in [-0.15, -0.1) is 0 Å². The van der Waals surface area contributed by atoms with E-state index in [0.717, 1.165) is 19.4 Å². The zero-order valence-electron chi connectivity index (χ0n) is 8.88. The van der Waals surface area contributed by atoms with E-state index in [9.17, 15) is 8.42 Å². The van der Waals surface area contributed by atoms with Crippen LogP contribution in [-0.4, -0.2) is 46.2 Å². The monoisotopic (exact) mass is 221 g/mol. The van der Waals surface area contributed by atoms with Crippen LogP contribution in [-0.2, 0) is 14.6 Å². The highest BCUT2D eigenvalue weighted by Gasteiger charge is 2.36. The maximum Gasteiger partial charge on any atom is 0.148 e. The molecule has 14 heavy (non-hydrogen) atoms. The van der Waals surface area contributed by atoms with Gasteiger partial charge < -0.3 is 10.1 Å². The van der Waals surface area contributed by atoms with Gasteiger partial charge in [0.15, 0.2) is 0 Å². The zero-order chi connectivity index (χ0) is 10.7. The minimum atomic E-state index is -2.84. The average Bonchev–Trinajstić information content (AvgIpc) is 2.00. The van der Waals surface area contributed by atoms with Crippen molar-refractivity contribution in [2.75, 3.05) is 32.2 Å². The van der Waals surface area contributed by atoms with Crippen molar-refractivity contribution in [2.45, 2.75) is 24.9 Å². The molecule has 0 aromatic carbocycles. The van der Waals surface area contributed by atoms with Crippen LogP contribution in [0.3, 0.4) is 0 Å². The Morgan fingerprint density at radius 3 is 2.43 bits per heavy atom. The molecule has 4 nitrogen and oxygen atoms in total. The molecule has 0 aromatic heterocycles. The van der Waals surface area contributed by atoms with E-state index in [2.05, 4.69) is 5.32 Å². The standard InChI is InChI=1S/C9H19NO3S/c1-13-9(4-3-5-9)8-10-6-7-14(2,11)12/h10H,3-8H2,1-2H3. The van der Waals surface area contributed by atoms with Crippen LogP contribution in [0.2, 0.25) is 0 Å². The molecule has 0 saturated heterocycles. The van der Waals surface area contributed by atoms with Gasteiger partial charge in [-0.2, -0.15) is 0 Å². The van der Waals surface area contributed by atoms with E-state index >= 15 is 0 Å². The summed E-state index contributed by atoms with van der Waals surface area (Å²) < 4.78 is 27.1.